The monoisotopic (exact) mass is 315 g/mol. The van der Waals surface area contributed by atoms with E-state index in [1.165, 1.54) is 29.5 Å². The van der Waals surface area contributed by atoms with Gasteiger partial charge in [0.1, 0.15) is 16.4 Å². The van der Waals surface area contributed by atoms with Crippen molar-refractivity contribution < 1.29 is 22.8 Å². The highest BCUT2D eigenvalue weighted by Gasteiger charge is 2.32. The predicted octanol–water partition coefficient (Wildman–Crippen LogP) is -0.387. The molecule has 0 aliphatic carbocycles. The zero-order valence-electron chi connectivity index (χ0n) is 12.8. The Morgan fingerprint density at radius 2 is 1.86 bits per heavy atom. The summed E-state index contributed by atoms with van der Waals surface area (Å²) in [6.07, 6.45) is 0. The van der Waals surface area contributed by atoms with Crippen LogP contribution in [0.4, 0.5) is 0 Å². The molecule has 21 heavy (non-hydrogen) atoms. The molecular formula is C14H23N2O4S+. The molecular weight excluding hydrogens is 292 g/mol. The second kappa shape index (κ2) is 6.64. The Hall–Kier alpha value is -1.31. The lowest BCUT2D eigenvalue weighted by Gasteiger charge is -2.31. The number of methoxy groups -OCH3 is 2. The molecule has 1 aromatic carbocycles. The third kappa shape index (κ3) is 3.30. The molecule has 0 atom stereocenters. The molecule has 0 spiro atoms. The molecule has 0 amide bonds. The molecule has 0 bridgehead atoms. The molecule has 7 heteroatoms. The minimum absolute atomic E-state index is 0.171. The SMILES string of the molecule is CC[NH+]1CCN(S(=O)(=O)c2cc(OC)ccc2OC)CC1. The number of sulfonamides is 1. The molecule has 1 aliphatic heterocycles. The summed E-state index contributed by atoms with van der Waals surface area (Å²) in [5.41, 5.74) is 0. The zero-order valence-corrected chi connectivity index (χ0v) is 13.6. The quantitative estimate of drug-likeness (QED) is 0.804. The lowest BCUT2D eigenvalue weighted by Crippen LogP contribution is -3.14. The van der Waals surface area contributed by atoms with Crippen molar-refractivity contribution in [2.75, 3.05) is 46.9 Å². The van der Waals surface area contributed by atoms with Crippen LogP contribution >= 0.6 is 0 Å². The van der Waals surface area contributed by atoms with E-state index in [0.29, 0.717) is 24.6 Å². The highest BCUT2D eigenvalue weighted by atomic mass is 32.2. The maximum Gasteiger partial charge on any atom is 0.247 e. The van der Waals surface area contributed by atoms with Gasteiger partial charge in [-0.3, -0.25) is 0 Å². The van der Waals surface area contributed by atoms with Crippen molar-refractivity contribution in [1.29, 1.82) is 0 Å². The van der Waals surface area contributed by atoms with Crippen LogP contribution in [0.25, 0.3) is 0 Å². The van der Waals surface area contributed by atoms with Crippen LogP contribution in [0.15, 0.2) is 23.1 Å². The number of nitrogens with zero attached hydrogens (tertiary/aromatic N) is 1. The minimum Gasteiger partial charge on any atom is -0.497 e. The van der Waals surface area contributed by atoms with Crippen LogP contribution in [0.2, 0.25) is 0 Å². The van der Waals surface area contributed by atoms with Crippen molar-refractivity contribution in [3.63, 3.8) is 0 Å². The fraction of sp³-hybridized carbons (Fsp3) is 0.571. The van der Waals surface area contributed by atoms with Crippen LogP contribution in [0, 0.1) is 0 Å². The summed E-state index contributed by atoms with van der Waals surface area (Å²) in [6, 6.07) is 4.84. The Bertz CT molecular complexity index is 581. The number of piperazine rings is 1. The van der Waals surface area contributed by atoms with Gasteiger partial charge in [-0.05, 0) is 19.1 Å². The average Bonchev–Trinajstić information content (AvgIpc) is 2.54. The van der Waals surface area contributed by atoms with Gasteiger partial charge in [0.25, 0.3) is 0 Å². The van der Waals surface area contributed by atoms with Gasteiger partial charge in [-0.1, -0.05) is 0 Å². The van der Waals surface area contributed by atoms with Crippen LogP contribution in [0.3, 0.4) is 0 Å². The molecule has 0 aromatic heterocycles. The molecule has 0 radical (unpaired) electrons. The maximum atomic E-state index is 12.8. The van der Waals surface area contributed by atoms with Gasteiger partial charge in [0.15, 0.2) is 0 Å². The number of quaternary nitrogens is 1. The third-order valence-corrected chi connectivity index (χ3v) is 5.84. The first kappa shape index (κ1) is 16.1. The van der Waals surface area contributed by atoms with Gasteiger partial charge in [-0.15, -0.1) is 0 Å². The number of hydrogen-bond donors (Lipinski definition) is 1. The highest BCUT2D eigenvalue weighted by Crippen LogP contribution is 2.30. The number of nitrogens with one attached hydrogen (secondary N) is 1. The molecule has 1 heterocycles. The van der Waals surface area contributed by atoms with E-state index in [2.05, 4.69) is 6.92 Å². The van der Waals surface area contributed by atoms with E-state index in [-0.39, 0.29) is 4.90 Å². The minimum atomic E-state index is -3.55. The Morgan fingerprint density at radius 1 is 1.19 bits per heavy atom. The van der Waals surface area contributed by atoms with Gasteiger partial charge >= 0.3 is 0 Å². The van der Waals surface area contributed by atoms with E-state index in [1.54, 1.807) is 12.1 Å². The van der Waals surface area contributed by atoms with E-state index in [9.17, 15) is 8.42 Å². The summed E-state index contributed by atoms with van der Waals surface area (Å²) < 4.78 is 37.5. The van der Waals surface area contributed by atoms with Gasteiger partial charge in [0, 0.05) is 6.07 Å². The van der Waals surface area contributed by atoms with Crippen molar-refractivity contribution in [2.24, 2.45) is 0 Å². The summed E-state index contributed by atoms with van der Waals surface area (Å²) in [6.45, 7) is 5.88. The molecule has 1 aliphatic rings. The first-order valence-corrected chi connectivity index (χ1v) is 8.52. The van der Waals surface area contributed by atoms with Gasteiger partial charge in [0.05, 0.1) is 46.9 Å². The smallest absolute Gasteiger partial charge is 0.247 e. The zero-order chi connectivity index (χ0) is 15.5. The summed E-state index contributed by atoms with van der Waals surface area (Å²) in [7, 11) is -0.566. The summed E-state index contributed by atoms with van der Waals surface area (Å²) in [5.74, 6) is 0.855. The number of hydrogen-bond acceptors (Lipinski definition) is 4. The van der Waals surface area contributed by atoms with E-state index < -0.39 is 10.0 Å². The lowest BCUT2D eigenvalue weighted by atomic mass is 10.3. The number of likely N-dealkylation sites (N-methyl/N-ethyl adjacent to an activating group) is 1. The van der Waals surface area contributed by atoms with Gasteiger partial charge in [-0.25, -0.2) is 8.42 Å². The first-order chi connectivity index (χ1) is 10.0. The Morgan fingerprint density at radius 3 is 2.38 bits per heavy atom. The van der Waals surface area contributed by atoms with Crippen LogP contribution < -0.4 is 14.4 Å². The second-order valence-electron chi connectivity index (χ2n) is 5.02. The molecule has 1 saturated heterocycles. The topological polar surface area (TPSA) is 60.3 Å². The molecule has 6 nitrogen and oxygen atoms in total. The van der Waals surface area contributed by atoms with E-state index in [4.69, 9.17) is 9.47 Å². The molecule has 1 aromatic rings. The van der Waals surface area contributed by atoms with Gasteiger partial charge in [-0.2, -0.15) is 4.31 Å². The van der Waals surface area contributed by atoms with Crippen molar-refractivity contribution in [3.8, 4) is 11.5 Å². The maximum absolute atomic E-state index is 12.8. The molecule has 1 fully saturated rings. The summed E-state index contributed by atoms with van der Waals surface area (Å²) in [5, 5.41) is 0. The number of rotatable bonds is 5. The van der Waals surface area contributed by atoms with E-state index >= 15 is 0 Å². The molecule has 2 rings (SSSR count). The summed E-state index contributed by atoms with van der Waals surface area (Å²) >= 11 is 0. The molecule has 0 saturated carbocycles. The normalized spacial score (nSPS) is 17.7. The van der Waals surface area contributed by atoms with Crippen molar-refractivity contribution >= 4 is 10.0 Å². The van der Waals surface area contributed by atoms with Crippen LogP contribution in [-0.2, 0) is 10.0 Å². The first-order valence-electron chi connectivity index (χ1n) is 7.08. The van der Waals surface area contributed by atoms with E-state index in [0.717, 1.165) is 19.6 Å². The van der Waals surface area contributed by atoms with Crippen molar-refractivity contribution in [1.82, 2.24) is 4.31 Å². The van der Waals surface area contributed by atoms with Crippen molar-refractivity contribution in [3.05, 3.63) is 18.2 Å². The predicted molar refractivity (Wildman–Crippen MR) is 79.5 cm³/mol. The van der Waals surface area contributed by atoms with Crippen molar-refractivity contribution in [2.45, 2.75) is 11.8 Å². The van der Waals surface area contributed by atoms with E-state index in [1.807, 2.05) is 0 Å². The standard InChI is InChI=1S/C14H22N2O4S/c1-4-15-7-9-16(10-8-15)21(17,18)14-11-12(19-2)5-6-13(14)20-3/h5-6,11H,4,7-10H2,1-3H3/p+1. The van der Waals surface area contributed by atoms with Crippen LogP contribution in [0.1, 0.15) is 6.92 Å². The fourth-order valence-electron chi connectivity index (χ4n) is 2.52. The fourth-order valence-corrected chi connectivity index (χ4v) is 4.13. The van der Waals surface area contributed by atoms with Gasteiger partial charge in [0.2, 0.25) is 10.0 Å². The highest BCUT2D eigenvalue weighted by molar-refractivity contribution is 7.89. The van der Waals surface area contributed by atoms with Crippen LogP contribution in [0.5, 0.6) is 11.5 Å². The third-order valence-electron chi connectivity index (χ3n) is 3.92. The molecule has 0 unspecified atom stereocenters. The number of ether oxygens (including phenoxy) is 2. The lowest BCUT2D eigenvalue weighted by molar-refractivity contribution is -0.901. The average molecular weight is 315 g/mol. The molecule has 1 N–H and O–H groups in total. The Kier molecular flexibility index (Phi) is 5.08. The summed E-state index contributed by atoms with van der Waals surface area (Å²) in [4.78, 5) is 1.60. The number of benzene rings is 1. The largest absolute Gasteiger partial charge is 0.497 e. The Balaban J connectivity index is 2.31. The molecule has 118 valence electrons. The Labute approximate surface area is 126 Å². The van der Waals surface area contributed by atoms with Crippen LogP contribution in [-0.4, -0.2) is 59.7 Å². The second-order valence-corrected chi connectivity index (χ2v) is 6.93. The van der Waals surface area contributed by atoms with Gasteiger partial charge < -0.3 is 14.4 Å².